The molecule has 700 valence electrons. The van der Waals surface area contributed by atoms with Gasteiger partial charge in [-0.1, -0.05) is 107 Å². The summed E-state index contributed by atoms with van der Waals surface area (Å²) in [5.74, 6) is 5.63. The first-order valence-electron chi connectivity index (χ1n) is 38.4. The molecule has 11 rings (SSSR count). The van der Waals surface area contributed by atoms with Crippen molar-refractivity contribution in [1.29, 1.82) is 0 Å². The summed E-state index contributed by atoms with van der Waals surface area (Å²) in [6.45, 7) is 9.55. The number of methoxy groups -OCH3 is 8. The molecule has 0 aliphatic carbocycles. The maximum atomic E-state index is 14.5. The molecule has 35 heteroatoms. The van der Waals surface area contributed by atoms with Crippen LogP contribution < -0.4 is 102 Å². The first-order valence-corrected chi connectivity index (χ1v) is 46.6. The van der Waals surface area contributed by atoms with Gasteiger partial charge < -0.3 is 52.7 Å². The Bertz CT molecular complexity index is 5190. The minimum Gasteiger partial charge on any atom is 0 e. The molecule has 0 radical (unpaired) electrons. The van der Waals surface area contributed by atoms with Gasteiger partial charge in [0.2, 0.25) is 14.9 Å². The summed E-state index contributed by atoms with van der Waals surface area (Å²) < 4.78 is 251. The molecular formula is C93H109BClF12N5O10P4Pd2. The van der Waals surface area contributed by atoms with Crippen molar-refractivity contribution < 1.29 is 138 Å². The zero-order valence-electron chi connectivity index (χ0n) is 75.5. The van der Waals surface area contributed by atoms with E-state index in [4.69, 9.17) is 37.9 Å². The fourth-order valence-corrected chi connectivity index (χ4v) is 26.8. The number of hydrogen-bond donors (Lipinski definition) is 0. The zero-order chi connectivity index (χ0) is 93.4. The summed E-state index contributed by atoms with van der Waals surface area (Å²) in [6.07, 6.45) is -24.3. The molecule has 0 N–H and O–H groups in total. The van der Waals surface area contributed by atoms with Gasteiger partial charge in [-0.25, -0.2) is 18.7 Å². The number of hydrogen-bond acceptors (Lipinski definition) is 11. The Morgan fingerprint density at radius 1 is 0.312 bits per heavy atom. The van der Waals surface area contributed by atoms with E-state index in [0.717, 1.165) is 78.1 Å². The van der Waals surface area contributed by atoms with E-state index < -0.39 is 100 Å². The standard InChI is InChI=1S/C32H24BF12.2C26H34N2O5P2.C7H9N.2CH3.ClH.2Pd/c1-17-5-18(2)9-25(8-17)33(26-10-19(3)6-21(13-26)29(34,35)36,27-11-20(4)7-22(14-27)30(37,38)39)28-15-23(31(40,41)42)12-24(16-28)32(43,44)45;2*1-27(2)35(29,28(3)4)26-12-10-9-11-25(26)34(23-15-13-19(30-5)17-21(23)32-7)24-16-14-20(31-6)18-22(24)33-8;1-6-4-3-5-7(2)8-6;;;;;/h5-16H,1-4H3;2*9-18H,1-8H3;3-5H,1-2H3;2*1H3;1H;;/q-1;;;;2*-1;;;+2/p+1. The van der Waals surface area contributed by atoms with E-state index in [1.807, 2.05) is 216 Å². The van der Waals surface area contributed by atoms with Crippen LogP contribution in [0.2, 0.25) is 0 Å². The second-order valence-corrected chi connectivity index (χ2v) is 40.9. The van der Waals surface area contributed by atoms with Crippen molar-refractivity contribution in [2.45, 2.75) is 66.2 Å². The molecule has 10 aromatic carbocycles. The third-order valence-electron chi connectivity index (χ3n) is 20.6. The summed E-state index contributed by atoms with van der Waals surface area (Å²) in [6, 6.07) is 55.1. The van der Waals surface area contributed by atoms with E-state index in [-0.39, 0.29) is 57.9 Å². The molecule has 0 aliphatic rings. The van der Waals surface area contributed by atoms with Crippen LogP contribution in [0.25, 0.3) is 0 Å². The van der Waals surface area contributed by atoms with Crippen molar-refractivity contribution in [2.24, 2.45) is 0 Å². The van der Waals surface area contributed by atoms with E-state index in [1.165, 1.54) is 26.0 Å². The number of benzene rings is 10. The van der Waals surface area contributed by atoms with Crippen LogP contribution in [0.4, 0.5) is 52.7 Å². The number of rotatable bonds is 24. The number of aromatic nitrogens is 1. The Morgan fingerprint density at radius 3 is 0.773 bits per heavy atom. The van der Waals surface area contributed by atoms with Crippen molar-refractivity contribution in [3.8, 4) is 46.0 Å². The summed E-state index contributed by atoms with van der Waals surface area (Å²) >= 11 is 2.22. The second kappa shape index (κ2) is 47.7. The molecule has 0 spiro atoms. The molecule has 0 saturated carbocycles. The normalized spacial score (nSPS) is 11.7. The molecule has 0 fully saturated rings. The molecule has 15 nitrogen and oxygen atoms in total. The Hall–Kier alpha value is -8.25. The third kappa shape index (κ3) is 26.1. The van der Waals surface area contributed by atoms with E-state index in [9.17, 15) is 61.8 Å². The van der Waals surface area contributed by atoms with Gasteiger partial charge in [-0.05, 0) is 201 Å². The molecule has 11 aromatic rings. The molecule has 0 atom stereocenters. The number of alkyl halides is 12. The fraction of sp³-hybridized carbons (Fsp3) is 0.280. The van der Waals surface area contributed by atoms with Crippen molar-refractivity contribution in [2.75, 3.05) is 113 Å². The van der Waals surface area contributed by atoms with Gasteiger partial charge in [-0.2, -0.15) is 74.5 Å². The largest absolute Gasteiger partial charge is 0 e. The van der Waals surface area contributed by atoms with E-state index in [1.54, 1.807) is 76.8 Å². The molecule has 0 aliphatic heterocycles. The summed E-state index contributed by atoms with van der Waals surface area (Å²) in [5, 5.41) is 7.57. The fourth-order valence-electron chi connectivity index (χ4n) is 15.1. The van der Waals surface area contributed by atoms with E-state index >= 15 is 0 Å². The number of aryl methyl sites for hydroxylation is 6. The molecule has 0 amide bonds. The number of ether oxygens (including phenoxy) is 8. The molecule has 1 aromatic heterocycles. The summed E-state index contributed by atoms with van der Waals surface area (Å²) in [7, 11) is 22.8. The molecular weight excluding hydrogens is 1960 g/mol. The minimum atomic E-state index is -5.35. The average molecular weight is 2070 g/mol. The molecule has 0 bridgehead atoms. The van der Waals surface area contributed by atoms with Gasteiger partial charge in [0.15, 0.2) is 23.0 Å². The van der Waals surface area contributed by atoms with Gasteiger partial charge in [0, 0.05) is 56.1 Å². The van der Waals surface area contributed by atoms with Crippen molar-refractivity contribution in [3.63, 3.8) is 0 Å². The van der Waals surface area contributed by atoms with Gasteiger partial charge in [0.1, 0.15) is 76.8 Å². The predicted molar refractivity (Wildman–Crippen MR) is 496 cm³/mol. The summed E-state index contributed by atoms with van der Waals surface area (Å²) in [5.41, 5.74) is -4.88. The van der Waals surface area contributed by atoms with E-state index in [2.05, 4.69) is 44.8 Å². The quantitative estimate of drug-likeness (QED) is 0.0246. The van der Waals surface area contributed by atoms with Crippen LogP contribution in [-0.2, 0) is 72.4 Å². The topological polar surface area (TPSA) is 134 Å². The van der Waals surface area contributed by atoms with Gasteiger partial charge >= 0.3 is 52.4 Å². The van der Waals surface area contributed by atoms with Crippen LogP contribution in [0.1, 0.15) is 55.9 Å². The van der Waals surface area contributed by atoms with Gasteiger partial charge in [-0.15, -0.1) is 0 Å². The van der Waals surface area contributed by atoms with Gasteiger partial charge in [0.25, 0.3) is 0 Å². The van der Waals surface area contributed by atoms with Crippen LogP contribution >= 0.6 is 40.3 Å². The average Bonchev–Trinajstić information content (AvgIpc) is 0.720. The second-order valence-electron chi connectivity index (χ2n) is 29.8. The SMILES string of the molecule is COc1ccc([PH+](c2ccc(OC)cc2OC)c2ccccc2P(=O)(N(C)C)N(C)C)c(OC)c1.COc1ccc([PH+](c2ccc(OC)cc2OC)c2ccccc2P(=O)(N(C)C)N(C)C)c(OC)c1.Cc1cc(C)cc([B-](c2cc(C)cc(C(F)(F)F)c2)(c2cc(C)cc(C(F)(F)F)c2)c2cc(C(F)(F)F)cc(C(F)(F)F)c2)c1.Cc1cccc(C)n1.[CH3-].[CH3-].[Cl][Pd+].[Pd]. The number of pyridine rings is 1. The monoisotopic (exact) mass is 2070 g/mol. The maximum absolute atomic E-state index is 14.5. The molecule has 0 saturated heterocycles. The van der Waals surface area contributed by atoms with E-state index in [0.29, 0.717) is 81.4 Å². The van der Waals surface area contributed by atoms with Gasteiger partial charge in [-0.3, -0.25) is 14.1 Å². The maximum Gasteiger partial charge on any atom is 0 e. The first-order chi connectivity index (χ1) is 58.6. The number of nitrogens with zero attached hydrogens (tertiary/aromatic N) is 5. The Labute approximate surface area is 775 Å². The summed E-state index contributed by atoms with van der Waals surface area (Å²) in [4.78, 5) is 4.17. The first kappa shape index (κ1) is 112. The Kier molecular flexibility index (Phi) is 41.8. The van der Waals surface area contributed by atoms with Crippen molar-refractivity contribution >= 4 is 111 Å². The van der Waals surface area contributed by atoms with Crippen molar-refractivity contribution in [1.82, 2.24) is 23.7 Å². The predicted octanol–water partition coefficient (Wildman–Crippen LogP) is 18.0. The minimum absolute atomic E-state index is 0. The van der Waals surface area contributed by atoms with Crippen LogP contribution in [0.15, 0.2) is 212 Å². The molecule has 128 heavy (non-hydrogen) atoms. The van der Waals surface area contributed by atoms with Crippen LogP contribution in [0, 0.1) is 56.4 Å². The van der Waals surface area contributed by atoms with Crippen LogP contribution in [0.5, 0.6) is 46.0 Å². The van der Waals surface area contributed by atoms with Gasteiger partial charge in [0.05, 0.1) is 89.7 Å². The zero-order valence-corrected chi connectivity index (χ0v) is 83.2. The molecule has 1 heterocycles. The molecule has 0 unspecified atom stereocenters. The Balaban J connectivity index is 0.000000380. The van der Waals surface area contributed by atoms with Crippen LogP contribution in [0.3, 0.4) is 0 Å². The third-order valence-corrected chi connectivity index (χ3v) is 33.1. The Morgan fingerprint density at radius 2 is 0.547 bits per heavy atom. The van der Waals surface area contributed by atoms with Crippen LogP contribution in [-0.4, -0.2) is 143 Å². The smallest absolute Gasteiger partial charge is 0 e. The number of halogens is 13. The van der Waals surface area contributed by atoms with Crippen molar-refractivity contribution in [3.05, 3.63) is 283 Å².